The van der Waals surface area contributed by atoms with Crippen molar-refractivity contribution >= 4 is 34.7 Å². The smallest absolute Gasteiger partial charge is 0.0446 e. The SMILES string of the molecule is NCC(SCc1ccccc1Cl)c1ccsc1. The number of benzene rings is 1. The van der Waals surface area contributed by atoms with Crippen LogP contribution in [0.25, 0.3) is 0 Å². The molecule has 0 radical (unpaired) electrons. The van der Waals surface area contributed by atoms with Gasteiger partial charge in [0.25, 0.3) is 0 Å². The van der Waals surface area contributed by atoms with E-state index in [0.717, 1.165) is 10.8 Å². The Labute approximate surface area is 115 Å². The fourth-order valence-corrected chi connectivity index (χ4v) is 3.75. The van der Waals surface area contributed by atoms with E-state index in [1.807, 2.05) is 30.0 Å². The van der Waals surface area contributed by atoms with Crippen LogP contribution in [0.1, 0.15) is 16.4 Å². The maximum Gasteiger partial charge on any atom is 0.0446 e. The first kappa shape index (κ1) is 13.0. The third-order valence-electron chi connectivity index (χ3n) is 2.53. The molecule has 0 fully saturated rings. The van der Waals surface area contributed by atoms with Crippen molar-refractivity contribution in [3.63, 3.8) is 0 Å². The maximum atomic E-state index is 6.13. The first-order chi connectivity index (χ1) is 8.31. The molecule has 1 atom stereocenters. The number of rotatable bonds is 5. The molecule has 0 aliphatic carbocycles. The molecule has 2 N–H and O–H groups in total. The molecule has 0 amide bonds. The molecule has 0 saturated carbocycles. The second kappa shape index (κ2) is 6.45. The summed E-state index contributed by atoms with van der Waals surface area (Å²) in [5.74, 6) is 0.900. The van der Waals surface area contributed by atoms with Gasteiger partial charge in [-0.05, 0) is 34.0 Å². The zero-order valence-electron chi connectivity index (χ0n) is 9.30. The lowest BCUT2D eigenvalue weighted by molar-refractivity contribution is 0.945. The summed E-state index contributed by atoms with van der Waals surface area (Å²) in [7, 11) is 0. The summed E-state index contributed by atoms with van der Waals surface area (Å²) in [5, 5.41) is 5.45. The Morgan fingerprint density at radius 3 is 2.76 bits per heavy atom. The molecule has 17 heavy (non-hydrogen) atoms. The van der Waals surface area contributed by atoms with E-state index >= 15 is 0 Å². The first-order valence-corrected chi connectivity index (χ1v) is 7.75. The number of hydrogen-bond donors (Lipinski definition) is 1. The van der Waals surface area contributed by atoms with Gasteiger partial charge in [-0.15, -0.1) is 11.8 Å². The summed E-state index contributed by atoms with van der Waals surface area (Å²) in [6.45, 7) is 0.659. The lowest BCUT2D eigenvalue weighted by Gasteiger charge is -2.13. The Hall–Kier alpha value is -0.480. The molecule has 0 saturated heterocycles. The van der Waals surface area contributed by atoms with Gasteiger partial charge in [0.2, 0.25) is 0 Å². The average molecular weight is 284 g/mol. The van der Waals surface area contributed by atoms with Crippen LogP contribution < -0.4 is 5.73 Å². The van der Waals surface area contributed by atoms with E-state index in [-0.39, 0.29) is 0 Å². The van der Waals surface area contributed by atoms with Gasteiger partial charge in [-0.1, -0.05) is 29.8 Å². The van der Waals surface area contributed by atoms with Crippen LogP contribution >= 0.6 is 34.7 Å². The standard InChI is InChI=1S/C13H14ClNS2/c14-12-4-2-1-3-10(12)9-17-13(7-15)11-5-6-16-8-11/h1-6,8,13H,7,9,15H2. The quantitative estimate of drug-likeness (QED) is 0.884. The van der Waals surface area contributed by atoms with E-state index in [2.05, 4.69) is 22.9 Å². The van der Waals surface area contributed by atoms with Crippen LogP contribution in [0.4, 0.5) is 0 Å². The van der Waals surface area contributed by atoms with Gasteiger partial charge in [-0.2, -0.15) is 11.3 Å². The number of hydrogen-bond acceptors (Lipinski definition) is 3. The number of nitrogens with two attached hydrogens (primary N) is 1. The van der Waals surface area contributed by atoms with Crippen molar-refractivity contribution in [1.82, 2.24) is 0 Å². The highest BCUT2D eigenvalue weighted by Gasteiger charge is 2.11. The Balaban J connectivity index is 2.00. The van der Waals surface area contributed by atoms with Crippen LogP contribution in [0.5, 0.6) is 0 Å². The fraction of sp³-hybridized carbons (Fsp3) is 0.231. The van der Waals surface area contributed by atoms with Gasteiger partial charge in [0.05, 0.1) is 0 Å². The minimum Gasteiger partial charge on any atom is -0.329 e. The molecular weight excluding hydrogens is 270 g/mol. The molecule has 0 aliphatic rings. The lowest BCUT2D eigenvalue weighted by atomic mass is 10.2. The normalized spacial score (nSPS) is 12.6. The van der Waals surface area contributed by atoms with Gasteiger partial charge in [-0.3, -0.25) is 0 Å². The second-order valence-corrected chi connectivity index (χ2v) is 6.06. The molecule has 1 unspecified atom stereocenters. The lowest BCUT2D eigenvalue weighted by Crippen LogP contribution is -2.08. The summed E-state index contributed by atoms with van der Waals surface area (Å²) in [5.41, 5.74) is 8.31. The zero-order valence-corrected chi connectivity index (χ0v) is 11.7. The summed E-state index contributed by atoms with van der Waals surface area (Å²) < 4.78 is 0. The van der Waals surface area contributed by atoms with Gasteiger partial charge in [0, 0.05) is 22.6 Å². The van der Waals surface area contributed by atoms with E-state index in [4.69, 9.17) is 17.3 Å². The molecule has 90 valence electrons. The van der Waals surface area contributed by atoms with Crippen molar-refractivity contribution < 1.29 is 0 Å². The largest absolute Gasteiger partial charge is 0.329 e. The highest BCUT2D eigenvalue weighted by Crippen LogP contribution is 2.33. The Morgan fingerprint density at radius 2 is 2.12 bits per heavy atom. The fourth-order valence-electron chi connectivity index (χ4n) is 1.56. The molecule has 0 aliphatic heterocycles. The molecule has 4 heteroatoms. The number of thiophene rings is 1. The van der Waals surface area contributed by atoms with Crippen LogP contribution in [0, 0.1) is 0 Å². The summed E-state index contributed by atoms with van der Waals surface area (Å²) in [6.07, 6.45) is 0. The molecule has 1 aromatic heterocycles. The van der Waals surface area contributed by atoms with E-state index < -0.39 is 0 Å². The van der Waals surface area contributed by atoms with Crippen molar-refractivity contribution in [3.05, 3.63) is 57.2 Å². The summed E-state index contributed by atoms with van der Waals surface area (Å²) in [6, 6.07) is 10.1. The Morgan fingerprint density at radius 1 is 1.29 bits per heavy atom. The Kier molecular flexibility index (Phi) is 4.92. The van der Waals surface area contributed by atoms with Crippen molar-refractivity contribution in [2.45, 2.75) is 11.0 Å². The van der Waals surface area contributed by atoms with E-state index in [0.29, 0.717) is 11.8 Å². The van der Waals surface area contributed by atoms with Crippen molar-refractivity contribution in [1.29, 1.82) is 0 Å². The van der Waals surface area contributed by atoms with Crippen molar-refractivity contribution in [3.8, 4) is 0 Å². The minimum atomic E-state index is 0.359. The molecule has 2 aromatic rings. The van der Waals surface area contributed by atoms with E-state index in [1.54, 1.807) is 11.3 Å². The number of thioether (sulfide) groups is 1. The third kappa shape index (κ3) is 3.49. The molecule has 1 aromatic carbocycles. The average Bonchev–Trinajstić information content (AvgIpc) is 2.86. The first-order valence-electron chi connectivity index (χ1n) is 5.38. The number of halogens is 1. The zero-order chi connectivity index (χ0) is 12.1. The van der Waals surface area contributed by atoms with E-state index in [9.17, 15) is 0 Å². The van der Waals surface area contributed by atoms with Gasteiger partial charge in [0.15, 0.2) is 0 Å². The third-order valence-corrected chi connectivity index (χ3v) is 4.94. The van der Waals surface area contributed by atoms with E-state index in [1.165, 1.54) is 11.1 Å². The molecule has 0 spiro atoms. The topological polar surface area (TPSA) is 26.0 Å². The second-order valence-electron chi connectivity index (χ2n) is 3.68. The van der Waals surface area contributed by atoms with Crippen LogP contribution in [0.15, 0.2) is 41.1 Å². The molecule has 1 nitrogen and oxygen atoms in total. The maximum absolute atomic E-state index is 6.13. The highest BCUT2D eigenvalue weighted by atomic mass is 35.5. The van der Waals surface area contributed by atoms with Crippen molar-refractivity contribution in [2.75, 3.05) is 6.54 Å². The predicted octanol–water partition coefficient (Wildman–Crippen LogP) is 4.33. The van der Waals surface area contributed by atoms with Gasteiger partial charge in [-0.25, -0.2) is 0 Å². The van der Waals surface area contributed by atoms with Gasteiger partial charge in [0.1, 0.15) is 0 Å². The van der Waals surface area contributed by atoms with Crippen LogP contribution in [-0.2, 0) is 5.75 Å². The molecule has 0 bridgehead atoms. The van der Waals surface area contributed by atoms with Crippen molar-refractivity contribution in [2.24, 2.45) is 5.73 Å². The van der Waals surface area contributed by atoms with Crippen LogP contribution in [-0.4, -0.2) is 6.54 Å². The molecular formula is C13H14ClNS2. The molecule has 2 rings (SSSR count). The van der Waals surface area contributed by atoms with Gasteiger partial charge < -0.3 is 5.73 Å². The minimum absolute atomic E-state index is 0.359. The Bertz CT molecular complexity index is 456. The highest BCUT2D eigenvalue weighted by molar-refractivity contribution is 7.98. The van der Waals surface area contributed by atoms with Crippen LogP contribution in [0.3, 0.4) is 0 Å². The molecule has 1 heterocycles. The summed E-state index contributed by atoms with van der Waals surface area (Å²) >= 11 is 9.69. The van der Waals surface area contributed by atoms with Gasteiger partial charge >= 0.3 is 0 Å². The monoisotopic (exact) mass is 283 g/mol. The van der Waals surface area contributed by atoms with Crippen LogP contribution in [0.2, 0.25) is 5.02 Å². The predicted molar refractivity (Wildman–Crippen MR) is 78.9 cm³/mol. The summed E-state index contributed by atoms with van der Waals surface area (Å²) in [4.78, 5) is 0.